The average molecular weight is 619 g/mol. The van der Waals surface area contributed by atoms with Crippen molar-refractivity contribution in [3.63, 3.8) is 0 Å². The predicted octanol–water partition coefficient (Wildman–Crippen LogP) is 7.05. The molecule has 0 amide bonds. The minimum absolute atomic E-state index is 0.267. The van der Waals surface area contributed by atoms with E-state index in [1.165, 1.54) is 25.9 Å². The molecule has 0 atom stereocenters. The Kier molecular flexibility index (Phi) is 9.03. The van der Waals surface area contributed by atoms with Crippen molar-refractivity contribution in [3.8, 4) is 0 Å². The fraction of sp³-hybridized carbons (Fsp3) is 0.419. The van der Waals surface area contributed by atoms with Gasteiger partial charge in [0.05, 0.1) is 0 Å². The average Bonchev–Trinajstić information content (AvgIpc) is 2.76. The molecule has 0 saturated carbocycles. The quantitative estimate of drug-likeness (QED) is 0.266. The van der Waals surface area contributed by atoms with Gasteiger partial charge in [-0.2, -0.15) is 0 Å². The summed E-state index contributed by atoms with van der Waals surface area (Å²) in [4.78, 5) is 0.275. The van der Waals surface area contributed by atoms with Crippen LogP contribution in [0.3, 0.4) is 0 Å². The topological polar surface area (TPSA) is 46.5 Å². The molecule has 0 aromatic heterocycles. The Hall–Kier alpha value is -1.80. The molecule has 0 aliphatic carbocycles. The molecule has 0 fully saturated rings. The first-order valence-corrected chi connectivity index (χ1v) is 17.6. The molecule has 0 radical (unpaired) electrons. The van der Waals surface area contributed by atoms with Crippen LogP contribution in [0.25, 0.3) is 0 Å². The molecule has 36 heavy (non-hydrogen) atoms. The first-order valence-electron chi connectivity index (χ1n) is 12.8. The molecule has 3 aromatic rings. The van der Waals surface area contributed by atoms with Gasteiger partial charge in [-0.05, 0) is 0 Å². The zero-order valence-electron chi connectivity index (χ0n) is 23.4. The van der Waals surface area contributed by atoms with Gasteiger partial charge in [-0.1, -0.05) is 0 Å². The molecular formula is C31H41NO2STe. The van der Waals surface area contributed by atoms with Gasteiger partial charge in [0.2, 0.25) is 0 Å². The van der Waals surface area contributed by atoms with E-state index in [0.29, 0.717) is 5.92 Å². The van der Waals surface area contributed by atoms with Crippen molar-refractivity contribution in [2.75, 3.05) is 0 Å². The van der Waals surface area contributed by atoms with Crippen molar-refractivity contribution >= 4 is 36.6 Å². The summed E-state index contributed by atoms with van der Waals surface area (Å²) in [6, 6.07) is 16.1. The number of aryl methyl sites for hydroxylation is 4. The monoisotopic (exact) mass is 621 g/mol. The predicted molar refractivity (Wildman–Crippen MR) is 155 cm³/mol. The number of nitrogens with zero attached hydrogens (tertiary/aromatic N) is 1. The van der Waals surface area contributed by atoms with E-state index in [1.54, 1.807) is 12.1 Å². The van der Waals surface area contributed by atoms with Crippen LogP contribution < -0.4 is 7.22 Å². The van der Waals surface area contributed by atoms with Crippen molar-refractivity contribution in [2.24, 2.45) is 2.59 Å². The van der Waals surface area contributed by atoms with Gasteiger partial charge in [0.25, 0.3) is 0 Å². The molecule has 0 unspecified atom stereocenters. The van der Waals surface area contributed by atoms with Crippen LogP contribution in [0.15, 0.2) is 56.0 Å². The van der Waals surface area contributed by atoms with E-state index in [0.717, 1.165) is 20.3 Å². The van der Waals surface area contributed by atoms with Crippen LogP contribution in [0.4, 0.5) is 0 Å². The number of hydrogen-bond donors (Lipinski definition) is 0. The molecule has 5 heteroatoms. The Morgan fingerprint density at radius 3 is 1.53 bits per heavy atom. The molecule has 0 spiro atoms. The van der Waals surface area contributed by atoms with Gasteiger partial charge in [-0.15, -0.1) is 0 Å². The third-order valence-electron chi connectivity index (χ3n) is 6.56. The van der Waals surface area contributed by atoms with Crippen LogP contribution in [-0.2, 0) is 10.0 Å². The Bertz CT molecular complexity index is 1350. The van der Waals surface area contributed by atoms with Gasteiger partial charge in [-0.3, -0.25) is 0 Å². The van der Waals surface area contributed by atoms with Crippen LogP contribution >= 0.6 is 0 Å². The van der Waals surface area contributed by atoms with E-state index in [4.69, 9.17) is 2.59 Å². The van der Waals surface area contributed by atoms with E-state index in [9.17, 15) is 8.42 Å². The van der Waals surface area contributed by atoms with Gasteiger partial charge in [0.1, 0.15) is 0 Å². The van der Waals surface area contributed by atoms with E-state index in [-0.39, 0.29) is 16.7 Å². The minimum atomic E-state index is -3.83. The molecule has 0 aliphatic rings. The van der Waals surface area contributed by atoms with Gasteiger partial charge >= 0.3 is 227 Å². The second-order valence-electron chi connectivity index (χ2n) is 10.9. The summed E-state index contributed by atoms with van der Waals surface area (Å²) in [5, 5.41) is 0. The summed E-state index contributed by atoms with van der Waals surface area (Å²) in [7, 11) is -3.83. The van der Waals surface area contributed by atoms with Crippen molar-refractivity contribution in [1.29, 1.82) is 0 Å². The molecule has 3 aromatic carbocycles. The Morgan fingerprint density at radius 1 is 0.639 bits per heavy atom. The molecule has 0 saturated heterocycles. The van der Waals surface area contributed by atoms with Gasteiger partial charge in [-0.25, -0.2) is 0 Å². The first kappa shape index (κ1) is 28.8. The summed E-state index contributed by atoms with van der Waals surface area (Å²) in [5.41, 5.74) is 8.32. The molecule has 3 rings (SSSR count). The van der Waals surface area contributed by atoms with E-state index < -0.39 is 29.4 Å². The molecule has 3 nitrogen and oxygen atoms in total. The first-order chi connectivity index (χ1) is 16.7. The summed E-state index contributed by atoms with van der Waals surface area (Å²) in [6.45, 7) is 21.6. The maximum absolute atomic E-state index is 13.8. The van der Waals surface area contributed by atoms with Crippen molar-refractivity contribution < 1.29 is 8.42 Å². The number of hydrogen-bond acceptors (Lipinski definition) is 2. The number of benzene rings is 3. The van der Waals surface area contributed by atoms with Crippen molar-refractivity contribution in [1.82, 2.24) is 0 Å². The van der Waals surface area contributed by atoms with Crippen LogP contribution in [-0.4, -0.2) is 27.8 Å². The van der Waals surface area contributed by atoms with Gasteiger partial charge < -0.3 is 0 Å². The van der Waals surface area contributed by atoms with Crippen LogP contribution in [0.5, 0.6) is 0 Å². The molecule has 0 aliphatic heterocycles. The molecule has 0 bridgehead atoms. The fourth-order valence-electron chi connectivity index (χ4n) is 4.61. The second kappa shape index (κ2) is 11.3. The number of rotatable bonds is 7. The van der Waals surface area contributed by atoms with Crippen LogP contribution in [0, 0.1) is 27.7 Å². The maximum atomic E-state index is 13.8. The SMILES string of the molecule is Cc1ccc(S(=O)(=O)N=[Te](c2c(C)cc(C)cc2C)c2c(C(C)C)cc(C(C)C)cc2C(C)C)cc1. The third-order valence-corrected chi connectivity index (χ3v) is 16.1. The second-order valence-corrected chi connectivity index (χ2v) is 17.7. The van der Waals surface area contributed by atoms with Crippen LogP contribution in [0.1, 0.15) is 98.2 Å². The zero-order chi connectivity index (χ0) is 26.9. The fourth-order valence-corrected chi connectivity index (χ4v) is 14.8. The van der Waals surface area contributed by atoms with E-state index in [2.05, 4.69) is 86.6 Å². The van der Waals surface area contributed by atoms with E-state index >= 15 is 0 Å². The summed E-state index contributed by atoms with van der Waals surface area (Å²) < 4.78 is 34.9. The Morgan fingerprint density at radius 2 is 1.11 bits per heavy atom. The van der Waals surface area contributed by atoms with Crippen molar-refractivity contribution in [2.45, 2.75) is 91.9 Å². The molecule has 0 heterocycles. The Labute approximate surface area is 226 Å². The normalized spacial score (nSPS) is 13.2. The van der Waals surface area contributed by atoms with E-state index in [1.807, 2.05) is 19.1 Å². The van der Waals surface area contributed by atoms with Gasteiger partial charge in [0.15, 0.2) is 0 Å². The molecule has 194 valence electrons. The summed E-state index contributed by atoms with van der Waals surface area (Å²) in [6.07, 6.45) is 0. The Balaban J connectivity index is 2.51. The molecular weight excluding hydrogens is 578 g/mol. The third kappa shape index (κ3) is 6.18. The summed E-state index contributed by atoms with van der Waals surface area (Å²) in [5.74, 6) is 0.930. The van der Waals surface area contributed by atoms with Crippen molar-refractivity contribution in [3.05, 3.63) is 87.5 Å². The summed E-state index contributed by atoms with van der Waals surface area (Å²) >= 11 is -3.00. The standard InChI is InChI=1S/C31H41NO2STe/c1-19(2)26-17-28(20(3)4)31(29(18-26)21(5)6)36(30-24(9)15-23(8)16-25(30)10)32-35(33,34)27-13-11-22(7)12-14-27/h11-21H,1-10H3. The van der Waals surface area contributed by atoms with Gasteiger partial charge in [0, 0.05) is 0 Å². The van der Waals surface area contributed by atoms with Crippen LogP contribution in [0.2, 0.25) is 0 Å². The molecule has 0 N–H and O–H groups in total. The number of sulfonamides is 1. The zero-order valence-corrected chi connectivity index (χ0v) is 26.6.